The molecule has 20 heavy (non-hydrogen) atoms. The maximum atomic E-state index is 11.6. The zero-order valence-corrected chi connectivity index (χ0v) is 12.1. The Kier molecular flexibility index (Phi) is 6.03. The lowest BCUT2D eigenvalue weighted by molar-refractivity contribution is -0.138. The Morgan fingerprint density at radius 3 is 2.70 bits per heavy atom. The first-order chi connectivity index (χ1) is 9.47. The predicted molar refractivity (Wildman–Crippen MR) is 77.1 cm³/mol. The molecule has 1 rings (SSSR count). The fourth-order valence-electron chi connectivity index (χ4n) is 1.85. The highest BCUT2D eigenvalue weighted by atomic mass is 16.5. The van der Waals surface area contributed by atoms with Gasteiger partial charge in [0.05, 0.1) is 12.5 Å². The Morgan fingerprint density at radius 1 is 1.40 bits per heavy atom. The van der Waals surface area contributed by atoms with Gasteiger partial charge in [-0.1, -0.05) is 25.5 Å². The van der Waals surface area contributed by atoms with Crippen LogP contribution in [0.4, 0.5) is 10.5 Å². The third kappa shape index (κ3) is 4.26. The molecule has 0 saturated carbocycles. The molecular weight excluding hydrogens is 258 g/mol. The highest BCUT2D eigenvalue weighted by molar-refractivity contribution is 5.86. The second-order valence-electron chi connectivity index (χ2n) is 4.69. The van der Waals surface area contributed by atoms with Crippen LogP contribution in [0.2, 0.25) is 0 Å². The molecule has 0 spiro atoms. The molecule has 1 aromatic carbocycles. The van der Waals surface area contributed by atoms with E-state index < -0.39 is 18.0 Å². The number of rotatable bonds is 6. The first kappa shape index (κ1) is 16.0. The lowest BCUT2D eigenvalue weighted by atomic mass is 9.95. The van der Waals surface area contributed by atoms with E-state index in [0.717, 1.165) is 18.4 Å². The molecule has 1 aromatic rings. The van der Waals surface area contributed by atoms with E-state index >= 15 is 0 Å². The van der Waals surface area contributed by atoms with Crippen LogP contribution in [0.5, 0.6) is 0 Å². The minimum Gasteiger partial charge on any atom is -0.481 e. The molecule has 0 aromatic heterocycles. The summed E-state index contributed by atoms with van der Waals surface area (Å²) in [5.74, 6) is -1.51. The topological polar surface area (TPSA) is 75.6 Å². The average molecular weight is 279 g/mol. The van der Waals surface area contributed by atoms with E-state index in [1.54, 1.807) is 32.0 Å². The molecule has 0 fully saturated rings. The van der Waals surface area contributed by atoms with Gasteiger partial charge in [0.2, 0.25) is 0 Å². The molecule has 1 amide bonds. The molecule has 2 N–H and O–H groups in total. The van der Waals surface area contributed by atoms with Crippen LogP contribution in [-0.4, -0.2) is 23.8 Å². The molecule has 110 valence electrons. The van der Waals surface area contributed by atoms with Crippen LogP contribution in [0, 0.1) is 6.92 Å². The summed E-state index contributed by atoms with van der Waals surface area (Å²) in [6.07, 6.45) is 1.27. The van der Waals surface area contributed by atoms with Crippen molar-refractivity contribution in [3.05, 3.63) is 29.3 Å². The molecule has 0 saturated heterocycles. The van der Waals surface area contributed by atoms with Crippen molar-refractivity contribution in [2.24, 2.45) is 0 Å². The van der Waals surface area contributed by atoms with Gasteiger partial charge in [-0.3, -0.25) is 10.1 Å². The highest BCUT2D eigenvalue weighted by Crippen LogP contribution is 2.25. The number of anilines is 1. The molecule has 0 heterocycles. The molecule has 0 aliphatic carbocycles. The van der Waals surface area contributed by atoms with Gasteiger partial charge in [0.15, 0.2) is 0 Å². The van der Waals surface area contributed by atoms with Crippen molar-refractivity contribution in [1.29, 1.82) is 0 Å². The van der Waals surface area contributed by atoms with Crippen LogP contribution in [-0.2, 0) is 9.53 Å². The first-order valence-electron chi connectivity index (χ1n) is 6.73. The Morgan fingerprint density at radius 2 is 2.10 bits per heavy atom. The molecule has 1 unspecified atom stereocenters. The van der Waals surface area contributed by atoms with Gasteiger partial charge in [0, 0.05) is 5.69 Å². The van der Waals surface area contributed by atoms with E-state index in [2.05, 4.69) is 5.32 Å². The maximum absolute atomic E-state index is 11.6. The van der Waals surface area contributed by atoms with Crippen LogP contribution >= 0.6 is 0 Å². The standard InChI is InChI=1S/C15H21NO4/c1-4-5-9-20-15(19)16-13-8-6-7-12(10(13)2)11(3)14(17)18/h6-8,11H,4-5,9H2,1-3H3,(H,16,19)(H,17,18). The fourth-order valence-corrected chi connectivity index (χ4v) is 1.85. The summed E-state index contributed by atoms with van der Waals surface area (Å²) in [6.45, 7) is 5.80. The van der Waals surface area contributed by atoms with E-state index in [4.69, 9.17) is 9.84 Å². The van der Waals surface area contributed by atoms with E-state index in [9.17, 15) is 9.59 Å². The molecule has 5 nitrogen and oxygen atoms in total. The number of nitrogens with one attached hydrogen (secondary N) is 1. The van der Waals surface area contributed by atoms with Gasteiger partial charge in [-0.2, -0.15) is 0 Å². The number of ether oxygens (including phenoxy) is 1. The largest absolute Gasteiger partial charge is 0.481 e. The molecule has 5 heteroatoms. The molecular formula is C15H21NO4. The summed E-state index contributed by atoms with van der Waals surface area (Å²) >= 11 is 0. The molecule has 1 atom stereocenters. The number of carboxylic acids is 1. The highest BCUT2D eigenvalue weighted by Gasteiger charge is 2.18. The summed E-state index contributed by atoms with van der Waals surface area (Å²) in [4.78, 5) is 22.7. The van der Waals surface area contributed by atoms with Crippen LogP contribution in [0.3, 0.4) is 0 Å². The summed E-state index contributed by atoms with van der Waals surface area (Å²) in [5, 5.41) is 11.7. The van der Waals surface area contributed by atoms with Crippen molar-refractivity contribution in [2.75, 3.05) is 11.9 Å². The summed E-state index contributed by atoms with van der Waals surface area (Å²) in [5.41, 5.74) is 2.01. The number of carbonyl (C=O) groups excluding carboxylic acids is 1. The first-order valence-corrected chi connectivity index (χ1v) is 6.73. The van der Waals surface area contributed by atoms with Gasteiger partial charge in [0.25, 0.3) is 0 Å². The Hall–Kier alpha value is -2.04. The molecule has 0 radical (unpaired) electrons. The number of hydrogen-bond donors (Lipinski definition) is 2. The van der Waals surface area contributed by atoms with Gasteiger partial charge in [-0.25, -0.2) is 4.79 Å². The van der Waals surface area contributed by atoms with Crippen molar-refractivity contribution in [3.63, 3.8) is 0 Å². The number of hydrogen-bond acceptors (Lipinski definition) is 3. The lowest BCUT2D eigenvalue weighted by Crippen LogP contribution is -2.16. The minimum absolute atomic E-state index is 0.382. The van der Waals surface area contributed by atoms with E-state index in [1.807, 2.05) is 6.92 Å². The van der Waals surface area contributed by atoms with Crippen molar-refractivity contribution in [3.8, 4) is 0 Å². The smallest absolute Gasteiger partial charge is 0.411 e. The van der Waals surface area contributed by atoms with Crippen molar-refractivity contribution in [1.82, 2.24) is 0 Å². The van der Waals surface area contributed by atoms with E-state index in [-0.39, 0.29) is 0 Å². The van der Waals surface area contributed by atoms with Crippen LogP contribution in [0.1, 0.15) is 43.7 Å². The normalized spacial score (nSPS) is 11.8. The molecule has 0 aliphatic heterocycles. The number of unbranched alkanes of at least 4 members (excludes halogenated alkanes) is 1. The Labute approximate surface area is 118 Å². The van der Waals surface area contributed by atoms with Crippen LogP contribution in [0.15, 0.2) is 18.2 Å². The number of benzene rings is 1. The van der Waals surface area contributed by atoms with E-state index in [0.29, 0.717) is 17.9 Å². The second-order valence-corrected chi connectivity index (χ2v) is 4.69. The zero-order valence-electron chi connectivity index (χ0n) is 12.1. The SMILES string of the molecule is CCCCOC(=O)Nc1cccc(C(C)C(=O)O)c1C. The second kappa shape index (κ2) is 7.53. The summed E-state index contributed by atoms with van der Waals surface area (Å²) in [7, 11) is 0. The number of aliphatic carboxylic acids is 1. The average Bonchev–Trinajstić information content (AvgIpc) is 2.40. The monoisotopic (exact) mass is 279 g/mol. The summed E-state index contributed by atoms with van der Waals surface area (Å²) in [6, 6.07) is 5.21. The number of carboxylic acid groups (broad SMARTS) is 1. The van der Waals surface area contributed by atoms with E-state index in [1.165, 1.54) is 0 Å². The summed E-state index contributed by atoms with van der Waals surface area (Å²) < 4.78 is 5.02. The van der Waals surface area contributed by atoms with Gasteiger partial charge in [0.1, 0.15) is 0 Å². The number of carbonyl (C=O) groups is 2. The third-order valence-electron chi connectivity index (χ3n) is 3.18. The Bertz CT molecular complexity index is 485. The van der Waals surface area contributed by atoms with Gasteiger partial charge in [-0.05, 0) is 37.5 Å². The Balaban J connectivity index is 2.79. The van der Waals surface area contributed by atoms with Crippen LogP contribution in [0.25, 0.3) is 0 Å². The predicted octanol–water partition coefficient (Wildman–Crippen LogP) is 3.53. The van der Waals surface area contributed by atoms with Crippen molar-refractivity contribution < 1.29 is 19.4 Å². The molecule has 0 bridgehead atoms. The minimum atomic E-state index is -0.893. The van der Waals surface area contributed by atoms with Gasteiger partial charge < -0.3 is 9.84 Å². The maximum Gasteiger partial charge on any atom is 0.411 e. The van der Waals surface area contributed by atoms with Crippen molar-refractivity contribution in [2.45, 2.75) is 39.5 Å². The fraction of sp³-hybridized carbons (Fsp3) is 0.467. The molecule has 0 aliphatic rings. The lowest BCUT2D eigenvalue weighted by Gasteiger charge is -2.15. The van der Waals surface area contributed by atoms with Gasteiger partial charge in [-0.15, -0.1) is 0 Å². The zero-order chi connectivity index (χ0) is 15.1. The third-order valence-corrected chi connectivity index (χ3v) is 3.18. The van der Waals surface area contributed by atoms with Crippen LogP contribution < -0.4 is 5.32 Å². The number of amides is 1. The quantitative estimate of drug-likeness (QED) is 0.781. The van der Waals surface area contributed by atoms with Gasteiger partial charge >= 0.3 is 12.1 Å². The van der Waals surface area contributed by atoms with Crippen molar-refractivity contribution >= 4 is 17.7 Å².